The average Bonchev–Trinajstić information content (AvgIpc) is 2.37. The molecule has 0 bridgehead atoms. The molecule has 1 amide bonds. The first-order valence-corrected chi connectivity index (χ1v) is 5.19. The van der Waals surface area contributed by atoms with Gasteiger partial charge in [-0.2, -0.15) is 0 Å². The minimum Gasteiger partial charge on any atom is -0.352 e. The molecule has 15 heavy (non-hydrogen) atoms. The van der Waals surface area contributed by atoms with E-state index in [2.05, 4.69) is 32.3 Å². The first-order chi connectivity index (χ1) is 6.93. The Morgan fingerprint density at radius 1 is 1.47 bits per heavy atom. The molecule has 0 aromatic rings. The van der Waals surface area contributed by atoms with E-state index in [9.17, 15) is 4.79 Å². The van der Waals surface area contributed by atoms with Crippen LogP contribution >= 0.6 is 0 Å². The summed E-state index contributed by atoms with van der Waals surface area (Å²) in [5.41, 5.74) is 2.32. The molecule has 1 aliphatic carbocycles. The maximum absolute atomic E-state index is 11.1. The molecule has 1 rings (SSSR count). The maximum Gasteiger partial charge on any atom is 0.217 e. The molecule has 1 atom stereocenters. The number of hydrogen-bond acceptors (Lipinski definition) is 1. The van der Waals surface area contributed by atoms with Crippen LogP contribution in [0, 0.1) is 5.41 Å². The van der Waals surface area contributed by atoms with Crippen molar-refractivity contribution in [3.05, 3.63) is 36.5 Å². The Morgan fingerprint density at radius 3 is 2.40 bits per heavy atom. The van der Waals surface area contributed by atoms with Gasteiger partial charge < -0.3 is 5.32 Å². The van der Waals surface area contributed by atoms with Crippen molar-refractivity contribution in [2.75, 3.05) is 0 Å². The SMILES string of the molecule is C=CC1=C(C=C)C(C)(C)C(NC(C)=O)C1. The second kappa shape index (κ2) is 4.05. The molecule has 0 radical (unpaired) electrons. The zero-order chi connectivity index (χ0) is 11.6. The number of carbonyl (C=O) groups is 1. The van der Waals surface area contributed by atoms with Crippen LogP contribution in [0.2, 0.25) is 0 Å². The van der Waals surface area contributed by atoms with Crippen molar-refractivity contribution in [2.24, 2.45) is 5.41 Å². The van der Waals surface area contributed by atoms with Crippen LogP contribution in [0.15, 0.2) is 36.5 Å². The molecule has 0 fully saturated rings. The Balaban J connectivity index is 3.00. The molecule has 1 aliphatic rings. The lowest BCUT2D eigenvalue weighted by molar-refractivity contribution is -0.120. The van der Waals surface area contributed by atoms with Crippen molar-refractivity contribution in [1.82, 2.24) is 5.32 Å². The van der Waals surface area contributed by atoms with Crippen molar-refractivity contribution in [3.63, 3.8) is 0 Å². The molecule has 0 spiro atoms. The summed E-state index contributed by atoms with van der Waals surface area (Å²) < 4.78 is 0. The highest BCUT2D eigenvalue weighted by molar-refractivity contribution is 5.73. The molecule has 0 aromatic carbocycles. The minimum absolute atomic E-state index is 0.0156. The van der Waals surface area contributed by atoms with E-state index in [1.165, 1.54) is 11.1 Å². The van der Waals surface area contributed by atoms with Crippen LogP contribution in [0.3, 0.4) is 0 Å². The van der Waals surface area contributed by atoms with Gasteiger partial charge in [-0.1, -0.05) is 39.2 Å². The summed E-state index contributed by atoms with van der Waals surface area (Å²) >= 11 is 0. The third kappa shape index (κ3) is 2.04. The van der Waals surface area contributed by atoms with Crippen molar-refractivity contribution in [3.8, 4) is 0 Å². The molecule has 1 N–H and O–H groups in total. The third-order valence-corrected chi connectivity index (χ3v) is 3.16. The lowest BCUT2D eigenvalue weighted by Crippen LogP contribution is -2.41. The highest BCUT2D eigenvalue weighted by Crippen LogP contribution is 2.43. The molecule has 2 nitrogen and oxygen atoms in total. The first kappa shape index (κ1) is 11.8. The Hall–Kier alpha value is -1.31. The van der Waals surface area contributed by atoms with Crippen LogP contribution in [0.1, 0.15) is 27.2 Å². The molecular formula is C13H19NO. The van der Waals surface area contributed by atoms with Gasteiger partial charge in [0.1, 0.15) is 0 Å². The van der Waals surface area contributed by atoms with Crippen LogP contribution in [-0.4, -0.2) is 11.9 Å². The molecule has 1 unspecified atom stereocenters. The quantitative estimate of drug-likeness (QED) is 0.754. The van der Waals surface area contributed by atoms with Crippen LogP contribution in [0.4, 0.5) is 0 Å². The minimum atomic E-state index is -0.0586. The van der Waals surface area contributed by atoms with Crippen molar-refractivity contribution < 1.29 is 4.79 Å². The summed E-state index contributed by atoms with van der Waals surface area (Å²) in [6, 6.07) is 0.149. The summed E-state index contributed by atoms with van der Waals surface area (Å²) in [7, 11) is 0. The van der Waals surface area contributed by atoms with Crippen molar-refractivity contribution in [2.45, 2.75) is 33.2 Å². The zero-order valence-electron chi connectivity index (χ0n) is 9.76. The normalized spacial score (nSPS) is 23.8. The molecule has 2 heteroatoms. The number of amides is 1. The second-order valence-corrected chi connectivity index (χ2v) is 4.53. The van der Waals surface area contributed by atoms with E-state index in [4.69, 9.17) is 0 Å². The molecule has 0 aliphatic heterocycles. The fraction of sp³-hybridized carbons (Fsp3) is 0.462. The van der Waals surface area contributed by atoms with E-state index >= 15 is 0 Å². The van der Waals surface area contributed by atoms with E-state index in [0.29, 0.717) is 0 Å². The lowest BCUT2D eigenvalue weighted by Gasteiger charge is -2.29. The van der Waals surface area contributed by atoms with Gasteiger partial charge in [0, 0.05) is 18.4 Å². The van der Waals surface area contributed by atoms with Gasteiger partial charge in [0.05, 0.1) is 0 Å². The Kier molecular flexibility index (Phi) is 3.18. The van der Waals surface area contributed by atoms with Crippen LogP contribution in [0.5, 0.6) is 0 Å². The van der Waals surface area contributed by atoms with Crippen molar-refractivity contribution in [1.29, 1.82) is 0 Å². The van der Waals surface area contributed by atoms with E-state index in [1.54, 1.807) is 6.92 Å². The second-order valence-electron chi connectivity index (χ2n) is 4.53. The predicted molar refractivity (Wildman–Crippen MR) is 63.4 cm³/mol. The standard InChI is InChI=1S/C13H19NO/c1-6-10-8-12(14-9(3)15)13(4,5)11(10)7-2/h6-7,12H,1-2,8H2,3-5H3,(H,14,15). The predicted octanol–water partition coefficient (Wildman–Crippen LogP) is 2.59. The van der Waals surface area contributed by atoms with E-state index in [0.717, 1.165) is 6.42 Å². The fourth-order valence-electron chi connectivity index (χ4n) is 2.25. The number of nitrogens with one attached hydrogen (secondary N) is 1. The number of hydrogen-bond donors (Lipinski definition) is 1. The Morgan fingerprint density at radius 2 is 2.07 bits per heavy atom. The molecule has 0 heterocycles. The topological polar surface area (TPSA) is 29.1 Å². The smallest absolute Gasteiger partial charge is 0.217 e. The highest BCUT2D eigenvalue weighted by Gasteiger charge is 2.39. The van der Waals surface area contributed by atoms with Gasteiger partial charge in [0.15, 0.2) is 0 Å². The Labute approximate surface area is 91.8 Å². The number of allylic oxidation sites excluding steroid dienone is 2. The van der Waals surface area contributed by atoms with Crippen LogP contribution < -0.4 is 5.32 Å². The largest absolute Gasteiger partial charge is 0.352 e. The third-order valence-electron chi connectivity index (χ3n) is 3.16. The van der Waals surface area contributed by atoms with Crippen molar-refractivity contribution >= 4 is 5.91 Å². The zero-order valence-corrected chi connectivity index (χ0v) is 9.76. The van der Waals surface area contributed by atoms with Gasteiger partial charge in [0.2, 0.25) is 5.91 Å². The lowest BCUT2D eigenvalue weighted by atomic mass is 9.81. The highest BCUT2D eigenvalue weighted by atomic mass is 16.1. The summed E-state index contributed by atoms with van der Waals surface area (Å²) in [5, 5.41) is 2.98. The van der Waals surface area contributed by atoms with Gasteiger partial charge in [-0.15, -0.1) is 0 Å². The molecule has 0 saturated carbocycles. The number of carbonyl (C=O) groups excluding carboxylic acids is 1. The van der Waals surface area contributed by atoms with Gasteiger partial charge in [-0.3, -0.25) is 4.79 Å². The summed E-state index contributed by atoms with van der Waals surface area (Å²) in [6.45, 7) is 13.4. The monoisotopic (exact) mass is 205 g/mol. The van der Waals surface area contributed by atoms with Gasteiger partial charge in [-0.25, -0.2) is 0 Å². The van der Waals surface area contributed by atoms with Gasteiger partial charge >= 0.3 is 0 Å². The van der Waals surface area contributed by atoms with Gasteiger partial charge in [0.25, 0.3) is 0 Å². The molecule has 0 aromatic heterocycles. The molecule has 82 valence electrons. The maximum atomic E-state index is 11.1. The molecular weight excluding hydrogens is 186 g/mol. The Bertz CT molecular complexity index is 336. The average molecular weight is 205 g/mol. The summed E-state index contributed by atoms with van der Waals surface area (Å²) in [4.78, 5) is 11.1. The summed E-state index contributed by atoms with van der Waals surface area (Å²) in [5.74, 6) is 0.0156. The fourth-order valence-corrected chi connectivity index (χ4v) is 2.25. The first-order valence-electron chi connectivity index (χ1n) is 5.19. The number of rotatable bonds is 3. The van der Waals surface area contributed by atoms with Crippen LogP contribution in [-0.2, 0) is 4.79 Å². The van der Waals surface area contributed by atoms with Gasteiger partial charge in [-0.05, 0) is 17.6 Å². The summed E-state index contributed by atoms with van der Waals surface area (Å²) in [6.07, 6.45) is 4.58. The van der Waals surface area contributed by atoms with Crippen LogP contribution in [0.25, 0.3) is 0 Å². The van der Waals surface area contributed by atoms with E-state index < -0.39 is 0 Å². The van der Waals surface area contributed by atoms with E-state index in [-0.39, 0.29) is 17.4 Å². The van der Waals surface area contributed by atoms with E-state index in [1.807, 2.05) is 12.2 Å². The molecule has 0 saturated heterocycles.